The van der Waals surface area contributed by atoms with Crippen molar-refractivity contribution in [3.8, 4) is 11.8 Å². The lowest BCUT2D eigenvalue weighted by Crippen LogP contribution is -2.21. The Kier molecular flexibility index (Phi) is 5.01. The number of halogens is 1. The van der Waals surface area contributed by atoms with Crippen LogP contribution in [0.15, 0.2) is 18.2 Å². The molecule has 0 bridgehead atoms. The van der Waals surface area contributed by atoms with Crippen molar-refractivity contribution in [2.45, 2.75) is 33.2 Å². The molecule has 1 aromatic rings. The molecular formula is C14H18FN. The van der Waals surface area contributed by atoms with E-state index in [2.05, 4.69) is 24.1 Å². The Morgan fingerprint density at radius 1 is 1.44 bits per heavy atom. The maximum Gasteiger partial charge on any atom is 0.123 e. The van der Waals surface area contributed by atoms with Crippen LogP contribution in [0.5, 0.6) is 0 Å². The molecule has 1 aromatic carbocycles. The number of benzene rings is 1. The van der Waals surface area contributed by atoms with Gasteiger partial charge in [0.25, 0.3) is 0 Å². The minimum absolute atomic E-state index is 0.182. The van der Waals surface area contributed by atoms with Gasteiger partial charge in [-0.05, 0) is 43.7 Å². The second-order valence-electron chi connectivity index (χ2n) is 3.74. The Hall–Kier alpha value is -1.33. The van der Waals surface area contributed by atoms with Crippen molar-refractivity contribution in [1.82, 2.24) is 5.32 Å². The van der Waals surface area contributed by atoms with Gasteiger partial charge >= 0.3 is 0 Å². The molecule has 0 fully saturated rings. The normalized spacial score (nSPS) is 11.8. The second kappa shape index (κ2) is 6.30. The van der Waals surface area contributed by atoms with Crippen molar-refractivity contribution < 1.29 is 4.39 Å². The number of hydrogen-bond donors (Lipinski definition) is 1. The average Bonchev–Trinajstić information content (AvgIpc) is 2.25. The van der Waals surface area contributed by atoms with Crippen LogP contribution in [-0.4, -0.2) is 6.54 Å². The fourth-order valence-corrected chi connectivity index (χ4v) is 1.77. The van der Waals surface area contributed by atoms with Gasteiger partial charge in [0.05, 0.1) is 0 Å². The zero-order valence-electron chi connectivity index (χ0n) is 10.1. The van der Waals surface area contributed by atoms with Crippen LogP contribution >= 0.6 is 0 Å². The molecule has 0 radical (unpaired) electrons. The highest BCUT2D eigenvalue weighted by atomic mass is 19.1. The van der Waals surface area contributed by atoms with E-state index in [0.29, 0.717) is 0 Å². The molecule has 0 aliphatic carbocycles. The lowest BCUT2D eigenvalue weighted by Gasteiger charge is -2.18. The summed E-state index contributed by atoms with van der Waals surface area (Å²) in [6.45, 7) is 6.71. The van der Waals surface area contributed by atoms with Gasteiger partial charge in [0.15, 0.2) is 0 Å². The van der Waals surface area contributed by atoms with Gasteiger partial charge in [-0.3, -0.25) is 0 Å². The number of nitrogens with one attached hydrogen (secondary N) is 1. The summed E-state index contributed by atoms with van der Waals surface area (Å²) in [5.74, 6) is 5.78. The molecule has 16 heavy (non-hydrogen) atoms. The second-order valence-corrected chi connectivity index (χ2v) is 3.74. The molecule has 0 aliphatic heterocycles. The Labute approximate surface area is 97.1 Å². The quantitative estimate of drug-likeness (QED) is 0.767. The lowest BCUT2D eigenvalue weighted by atomic mass is 9.99. The lowest BCUT2D eigenvalue weighted by molar-refractivity contribution is 0.559. The topological polar surface area (TPSA) is 12.0 Å². The van der Waals surface area contributed by atoms with Gasteiger partial charge in [-0.2, -0.15) is 0 Å². The smallest absolute Gasteiger partial charge is 0.123 e. The monoisotopic (exact) mass is 219 g/mol. The van der Waals surface area contributed by atoms with Crippen molar-refractivity contribution in [3.05, 3.63) is 35.1 Å². The van der Waals surface area contributed by atoms with E-state index in [1.165, 1.54) is 6.07 Å². The van der Waals surface area contributed by atoms with E-state index in [9.17, 15) is 4.39 Å². The first kappa shape index (κ1) is 12.7. The highest BCUT2D eigenvalue weighted by Crippen LogP contribution is 2.21. The number of hydrogen-bond acceptors (Lipinski definition) is 1. The number of rotatable bonds is 4. The molecule has 2 heteroatoms. The predicted octanol–water partition coefficient (Wildman–Crippen LogP) is 3.20. The van der Waals surface area contributed by atoms with Crippen LogP contribution in [0, 0.1) is 24.6 Å². The summed E-state index contributed by atoms with van der Waals surface area (Å²) in [5, 5.41) is 3.37. The van der Waals surface area contributed by atoms with Crippen LogP contribution in [0.2, 0.25) is 0 Å². The molecular weight excluding hydrogens is 201 g/mol. The summed E-state index contributed by atoms with van der Waals surface area (Å²) in [4.78, 5) is 0. The van der Waals surface area contributed by atoms with Crippen molar-refractivity contribution in [2.75, 3.05) is 6.54 Å². The largest absolute Gasteiger partial charge is 0.309 e. The molecule has 0 aromatic heterocycles. The first-order valence-electron chi connectivity index (χ1n) is 5.58. The molecule has 1 N–H and O–H groups in total. The summed E-state index contributed by atoms with van der Waals surface area (Å²) in [7, 11) is 0. The maximum absolute atomic E-state index is 13.0. The Balaban J connectivity index is 2.94. The van der Waals surface area contributed by atoms with Crippen LogP contribution in [-0.2, 0) is 0 Å². The van der Waals surface area contributed by atoms with Crippen molar-refractivity contribution >= 4 is 0 Å². The first-order valence-corrected chi connectivity index (χ1v) is 5.58. The van der Waals surface area contributed by atoms with E-state index in [1.54, 1.807) is 6.07 Å². The van der Waals surface area contributed by atoms with E-state index in [4.69, 9.17) is 0 Å². The minimum Gasteiger partial charge on any atom is -0.309 e. The van der Waals surface area contributed by atoms with Crippen LogP contribution in [0.25, 0.3) is 0 Å². The van der Waals surface area contributed by atoms with E-state index in [0.717, 1.165) is 24.1 Å². The van der Waals surface area contributed by atoms with Crippen molar-refractivity contribution in [3.63, 3.8) is 0 Å². The van der Waals surface area contributed by atoms with Gasteiger partial charge in [-0.15, -0.1) is 11.8 Å². The molecule has 1 atom stereocenters. The molecule has 86 valence electrons. The van der Waals surface area contributed by atoms with Crippen molar-refractivity contribution in [2.24, 2.45) is 0 Å². The maximum atomic E-state index is 13.0. The summed E-state index contributed by atoms with van der Waals surface area (Å²) in [6, 6.07) is 5.11. The van der Waals surface area contributed by atoms with Gasteiger partial charge < -0.3 is 5.32 Å². The molecule has 0 heterocycles. The average molecular weight is 219 g/mol. The Bertz CT molecular complexity index is 401. The van der Waals surface area contributed by atoms with Gasteiger partial charge in [0.1, 0.15) is 5.82 Å². The van der Waals surface area contributed by atoms with E-state index in [-0.39, 0.29) is 11.9 Å². The van der Waals surface area contributed by atoms with Gasteiger partial charge in [-0.1, -0.05) is 13.0 Å². The van der Waals surface area contributed by atoms with Gasteiger partial charge in [0, 0.05) is 12.5 Å². The SMILES string of the molecule is CC#CCC(NCC)c1ccc(F)cc1C. The van der Waals surface area contributed by atoms with Crippen LogP contribution in [0.4, 0.5) is 4.39 Å². The molecule has 0 amide bonds. The predicted molar refractivity (Wildman–Crippen MR) is 65.6 cm³/mol. The van der Waals surface area contributed by atoms with Crippen LogP contribution in [0.1, 0.15) is 37.4 Å². The zero-order valence-corrected chi connectivity index (χ0v) is 10.1. The Morgan fingerprint density at radius 2 is 2.19 bits per heavy atom. The van der Waals surface area contributed by atoms with E-state index < -0.39 is 0 Å². The van der Waals surface area contributed by atoms with Gasteiger partial charge in [-0.25, -0.2) is 4.39 Å². The van der Waals surface area contributed by atoms with Crippen LogP contribution < -0.4 is 5.32 Å². The third-order valence-electron chi connectivity index (χ3n) is 2.54. The van der Waals surface area contributed by atoms with E-state index in [1.807, 2.05) is 19.9 Å². The third-order valence-corrected chi connectivity index (χ3v) is 2.54. The standard InChI is InChI=1S/C14H18FN/c1-4-6-7-14(16-5-2)13-9-8-12(15)10-11(13)3/h8-10,14,16H,5,7H2,1-3H3. The fourth-order valence-electron chi connectivity index (χ4n) is 1.77. The first-order chi connectivity index (χ1) is 7.69. The molecule has 0 saturated heterocycles. The summed E-state index contributed by atoms with van der Waals surface area (Å²) < 4.78 is 13.0. The highest BCUT2D eigenvalue weighted by molar-refractivity contribution is 5.30. The minimum atomic E-state index is -0.182. The summed E-state index contributed by atoms with van der Waals surface area (Å²) in [6.07, 6.45) is 0.761. The highest BCUT2D eigenvalue weighted by Gasteiger charge is 2.11. The summed E-state index contributed by atoms with van der Waals surface area (Å²) >= 11 is 0. The molecule has 0 spiro atoms. The molecule has 0 saturated carbocycles. The molecule has 1 unspecified atom stereocenters. The zero-order chi connectivity index (χ0) is 12.0. The van der Waals surface area contributed by atoms with Crippen LogP contribution in [0.3, 0.4) is 0 Å². The van der Waals surface area contributed by atoms with Gasteiger partial charge in [0.2, 0.25) is 0 Å². The number of aryl methyl sites for hydroxylation is 1. The molecule has 1 nitrogen and oxygen atoms in total. The van der Waals surface area contributed by atoms with Crippen molar-refractivity contribution in [1.29, 1.82) is 0 Å². The Morgan fingerprint density at radius 3 is 2.75 bits per heavy atom. The van der Waals surface area contributed by atoms with E-state index >= 15 is 0 Å². The fraction of sp³-hybridized carbons (Fsp3) is 0.429. The summed E-state index contributed by atoms with van der Waals surface area (Å²) in [5.41, 5.74) is 2.11. The molecule has 1 rings (SSSR count). The third kappa shape index (κ3) is 3.36. The molecule has 0 aliphatic rings.